The summed E-state index contributed by atoms with van der Waals surface area (Å²) >= 11 is 0. The SMILES string of the molecule is CCOC(=O)C1CCCN(C(=O)CN(C)C2CCC(C)CC2)C1. The van der Waals surface area contributed by atoms with E-state index in [1.54, 1.807) is 0 Å². The number of carbonyl (C=O) groups is 2. The van der Waals surface area contributed by atoms with Gasteiger partial charge >= 0.3 is 5.97 Å². The molecule has 1 aliphatic carbocycles. The molecular formula is C18H32N2O3. The van der Waals surface area contributed by atoms with Crippen LogP contribution in [0.25, 0.3) is 0 Å². The van der Waals surface area contributed by atoms with Gasteiger partial charge in [0.2, 0.25) is 5.91 Å². The summed E-state index contributed by atoms with van der Waals surface area (Å²) < 4.78 is 5.11. The Morgan fingerprint density at radius 1 is 1.17 bits per heavy atom. The van der Waals surface area contributed by atoms with Crippen molar-refractivity contribution >= 4 is 11.9 Å². The molecule has 1 aliphatic heterocycles. The van der Waals surface area contributed by atoms with Crippen molar-refractivity contribution in [2.24, 2.45) is 11.8 Å². The van der Waals surface area contributed by atoms with Crippen LogP contribution in [0.4, 0.5) is 0 Å². The Hall–Kier alpha value is -1.10. The number of piperidine rings is 1. The number of likely N-dealkylation sites (N-methyl/N-ethyl adjacent to an activating group) is 1. The Kier molecular flexibility index (Phi) is 6.88. The lowest BCUT2D eigenvalue weighted by Gasteiger charge is -2.36. The first kappa shape index (κ1) is 18.2. The predicted octanol–water partition coefficient (Wildman–Crippen LogP) is 2.30. The molecule has 132 valence electrons. The number of rotatable bonds is 5. The molecule has 1 saturated heterocycles. The van der Waals surface area contributed by atoms with Crippen LogP contribution in [0.1, 0.15) is 52.4 Å². The van der Waals surface area contributed by atoms with Crippen molar-refractivity contribution in [2.45, 2.75) is 58.4 Å². The van der Waals surface area contributed by atoms with E-state index in [0.717, 1.165) is 25.3 Å². The molecule has 2 rings (SSSR count). The summed E-state index contributed by atoms with van der Waals surface area (Å²) in [5, 5.41) is 0. The van der Waals surface area contributed by atoms with Crippen molar-refractivity contribution in [3.8, 4) is 0 Å². The van der Waals surface area contributed by atoms with E-state index < -0.39 is 0 Å². The van der Waals surface area contributed by atoms with Gasteiger partial charge in [-0.25, -0.2) is 0 Å². The Bertz CT molecular complexity index is 405. The van der Waals surface area contributed by atoms with Crippen molar-refractivity contribution in [3.63, 3.8) is 0 Å². The second-order valence-electron chi connectivity index (χ2n) is 7.26. The van der Waals surface area contributed by atoms with Gasteiger partial charge in [-0.2, -0.15) is 0 Å². The van der Waals surface area contributed by atoms with Gasteiger partial charge in [-0.05, 0) is 58.4 Å². The first-order chi connectivity index (χ1) is 11.0. The summed E-state index contributed by atoms with van der Waals surface area (Å²) in [6.45, 7) is 6.30. The molecule has 0 radical (unpaired) electrons. The zero-order valence-corrected chi connectivity index (χ0v) is 14.9. The van der Waals surface area contributed by atoms with Gasteiger partial charge in [-0.1, -0.05) is 6.92 Å². The largest absolute Gasteiger partial charge is 0.466 e. The average molecular weight is 324 g/mol. The van der Waals surface area contributed by atoms with Gasteiger partial charge in [-0.3, -0.25) is 14.5 Å². The average Bonchev–Trinajstić information content (AvgIpc) is 2.55. The molecule has 5 nitrogen and oxygen atoms in total. The Morgan fingerprint density at radius 2 is 1.87 bits per heavy atom. The zero-order valence-electron chi connectivity index (χ0n) is 14.9. The summed E-state index contributed by atoms with van der Waals surface area (Å²) in [5.41, 5.74) is 0. The topological polar surface area (TPSA) is 49.9 Å². The number of likely N-dealkylation sites (tertiary alicyclic amines) is 1. The lowest BCUT2D eigenvalue weighted by Crippen LogP contribution is -2.48. The predicted molar refractivity (Wildman–Crippen MR) is 90.0 cm³/mol. The maximum atomic E-state index is 12.6. The fourth-order valence-electron chi connectivity index (χ4n) is 3.78. The maximum absolute atomic E-state index is 12.6. The molecule has 0 aromatic heterocycles. The van der Waals surface area contributed by atoms with Crippen molar-refractivity contribution in [3.05, 3.63) is 0 Å². The van der Waals surface area contributed by atoms with Crippen LogP contribution in [-0.4, -0.2) is 61.0 Å². The van der Waals surface area contributed by atoms with Gasteiger partial charge < -0.3 is 9.64 Å². The number of carbonyl (C=O) groups excluding carboxylic acids is 2. The van der Waals surface area contributed by atoms with Crippen LogP contribution in [0.5, 0.6) is 0 Å². The fraction of sp³-hybridized carbons (Fsp3) is 0.889. The van der Waals surface area contributed by atoms with E-state index in [4.69, 9.17) is 4.74 Å². The molecule has 0 bridgehead atoms. The smallest absolute Gasteiger partial charge is 0.310 e. The van der Waals surface area contributed by atoms with Gasteiger partial charge in [0.25, 0.3) is 0 Å². The van der Waals surface area contributed by atoms with E-state index in [0.29, 0.717) is 25.7 Å². The summed E-state index contributed by atoms with van der Waals surface area (Å²) in [6.07, 6.45) is 6.63. The van der Waals surface area contributed by atoms with Crippen LogP contribution in [0.2, 0.25) is 0 Å². The van der Waals surface area contributed by atoms with Crippen molar-refractivity contribution < 1.29 is 14.3 Å². The molecule has 0 aromatic rings. The van der Waals surface area contributed by atoms with Crippen molar-refractivity contribution in [1.82, 2.24) is 9.80 Å². The van der Waals surface area contributed by atoms with E-state index in [1.165, 1.54) is 25.7 Å². The minimum absolute atomic E-state index is 0.145. The molecule has 1 saturated carbocycles. The number of esters is 1. The molecule has 2 fully saturated rings. The highest BCUT2D eigenvalue weighted by atomic mass is 16.5. The lowest BCUT2D eigenvalue weighted by molar-refractivity contribution is -0.151. The van der Waals surface area contributed by atoms with Crippen molar-refractivity contribution in [2.75, 3.05) is 33.3 Å². The zero-order chi connectivity index (χ0) is 16.8. The number of amides is 1. The monoisotopic (exact) mass is 324 g/mol. The van der Waals surface area contributed by atoms with Crippen LogP contribution in [-0.2, 0) is 14.3 Å². The maximum Gasteiger partial charge on any atom is 0.310 e. The Balaban J connectivity index is 1.81. The normalized spacial score (nSPS) is 28.7. The molecule has 2 aliphatic rings. The highest BCUT2D eigenvalue weighted by Crippen LogP contribution is 2.26. The molecule has 23 heavy (non-hydrogen) atoms. The van der Waals surface area contributed by atoms with E-state index in [-0.39, 0.29) is 17.8 Å². The number of hydrogen-bond donors (Lipinski definition) is 0. The molecule has 1 heterocycles. The molecule has 0 N–H and O–H groups in total. The number of nitrogens with zero attached hydrogens (tertiary/aromatic N) is 2. The number of hydrogen-bond acceptors (Lipinski definition) is 4. The highest BCUT2D eigenvalue weighted by Gasteiger charge is 2.30. The molecule has 1 atom stereocenters. The van der Waals surface area contributed by atoms with Crippen LogP contribution >= 0.6 is 0 Å². The summed E-state index contributed by atoms with van der Waals surface area (Å²) in [4.78, 5) is 28.5. The molecule has 1 amide bonds. The van der Waals surface area contributed by atoms with Gasteiger partial charge in [0.15, 0.2) is 0 Å². The van der Waals surface area contributed by atoms with E-state index in [1.807, 2.05) is 11.8 Å². The summed E-state index contributed by atoms with van der Waals surface area (Å²) in [7, 11) is 2.06. The van der Waals surface area contributed by atoms with Crippen LogP contribution < -0.4 is 0 Å². The molecule has 0 aromatic carbocycles. The Labute approximate surface area is 140 Å². The standard InChI is InChI=1S/C18H32N2O3/c1-4-23-18(22)15-6-5-11-20(12-15)17(21)13-19(3)16-9-7-14(2)8-10-16/h14-16H,4-13H2,1-3H3. The third-order valence-corrected chi connectivity index (χ3v) is 5.39. The molecule has 5 heteroatoms. The molecular weight excluding hydrogens is 292 g/mol. The quantitative estimate of drug-likeness (QED) is 0.728. The summed E-state index contributed by atoms with van der Waals surface area (Å²) in [6, 6.07) is 0.529. The third-order valence-electron chi connectivity index (χ3n) is 5.39. The summed E-state index contributed by atoms with van der Waals surface area (Å²) in [5.74, 6) is 0.677. The van der Waals surface area contributed by atoms with Crippen LogP contribution in [0, 0.1) is 11.8 Å². The molecule has 0 spiro atoms. The van der Waals surface area contributed by atoms with E-state index >= 15 is 0 Å². The van der Waals surface area contributed by atoms with Gasteiger partial charge in [-0.15, -0.1) is 0 Å². The number of ether oxygens (including phenoxy) is 1. The van der Waals surface area contributed by atoms with Gasteiger partial charge in [0.1, 0.15) is 0 Å². The van der Waals surface area contributed by atoms with E-state index in [2.05, 4.69) is 18.9 Å². The second-order valence-corrected chi connectivity index (χ2v) is 7.26. The van der Waals surface area contributed by atoms with Gasteiger partial charge in [0.05, 0.1) is 19.1 Å². The first-order valence-electron chi connectivity index (χ1n) is 9.15. The first-order valence-corrected chi connectivity index (χ1v) is 9.15. The highest BCUT2D eigenvalue weighted by molar-refractivity contribution is 5.80. The third kappa shape index (κ3) is 5.20. The lowest BCUT2D eigenvalue weighted by atomic mass is 9.87. The van der Waals surface area contributed by atoms with Crippen LogP contribution in [0.3, 0.4) is 0 Å². The Morgan fingerprint density at radius 3 is 2.52 bits per heavy atom. The minimum Gasteiger partial charge on any atom is -0.466 e. The minimum atomic E-state index is -0.153. The van der Waals surface area contributed by atoms with Gasteiger partial charge in [0, 0.05) is 19.1 Å². The fourth-order valence-corrected chi connectivity index (χ4v) is 3.78. The van der Waals surface area contributed by atoms with E-state index in [9.17, 15) is 9.59 Å². The van der Waals surface area contributed by atoms with Crippen molar-refractivity contribution in [1.29, 1.82) is 0 Å². The van der Waals surface area contributed by atoms with Crippen LogP contribution in [0.15, 0.2) is 0 Å². The second kappa shape index (κ2) is 8.67. The molecule has 1 unspecified atom stereocenters.